The van der Waals surface area contributed by atoms with Gasteiger partial charge >= 0.3 is 11.0 Å². The number of carbonyl (C=O) groups is 1. The summed E-state index contributed by atoms with van der Waals surface area (Å²) in [5.74, 6) is 0. The van der Waals surface area contributed by atoms with Crippen LogP contribution in [0, 0.1) is 9.81 Å². The Balaban J connectivity index is 3.65. The third-order valence-corrected chi connectivity index (χ3v) is 0.272. The Labute approximate surface area is 42.3 Å². The van der Waals surface area contributed by atoms with Gasteiger partial charge in [-0.05, 0) is 0 Å². The first kappa shape index (κ1) is 6.47. The number of hydrogen-bond acceptors (Lipinski definition) is 5. The van der Waals surface area contributed by atoms with Gasteiger partial charge in [0.05, 0.1) is 4.91 Å². The van der Waals surface area contributed by atoms with Crippen molar-refractivity contribution in [3.05, 3.63) is 9.81 Å². The van der Waals surface area contributed by atoms with Gasteiger partial charge in [-0.1, -0.05) is 0 Å². The van der Waals surface area contributed by atoms with Crippen LogP contribution in [0.25, 0.3) is 0 Å². The van der Waals surface area contributed by atoms with E-state index in [1.807, 2.05) is 0 Å². The highest BCUT2D eigenvalue weighted by molar-refractivity contribution is 5.55. The number of rotatable bonds is 1. The molecule has 0 aliphatic rings. The van der Waals surface area contributed by atoms with Crippen molar-refractivity contribution >= 4 is 6.09 Å². The van der Waals surface area contributed by atoms with E-state index in [4.69, 9.17) is 10.1 Å². The summed E-state index contributed by atoms with van der Waals surface area (Å²) in [6.45, 7) is 0. The fourth-order valence-corrected chi connectivity index (χ4v) is 0.0668. The molecule has 7 nitrogen and oxygen atoms in total. The Hall–Kier alpha value is -1.53. The van der Waals surface area contributed by atoms with Gasteiger partial charge in [0.2, 0.25) is 0 Å². The van der Waals surface area contributed by atoms with Crippen LogP contribution in [-0.2, 0) is 4.84 Å². The summed E-state index contributed by atoms with van der Waals surface area (Å²) < 4.78 is 0. The van der Waals surface area contributed by atoms with E-state index in [9.17, 15) is 9.70 Å². The average molecular weight is 121 g/mol. The Morgan fingerprint density at radius 2 is 2.25 bits per heavy atom. The largest absolute Gasteiger partial charge is 0.727 e. The standard InChI is InChI=1S/CHN2O5/c4-1(3(6)7)8-2-5/h(H,6,7)/q+1. The first-order valence-corrected chi connectivity index (χ1v) is 1.38. The lowest BCUT2D eigenvalue weighted by molar-refractivity contribution is -0.724. The van der Waals surface area contributed by atoms with Crippen LogP contribution in [0.1, 0.15) is 0 Å². The van der Waals surface area contributed by atoms with Crippen LogP contribution in [0.5, 0.6) is 0 Å². The lowest BCUT2D eigenvalue weighted by Crippen LogP contribution is -2.11. The van der Waals surface area contributed by atoms with Crippen LogP contribution in [0.2, 0.25) is 0 Å². The van der Waals surface area contributed by atoms with Gasteiger partial charge in [-0.3, -0.25) is 0 Å². The lowest BCUT2D eigenvalue weighted by Gasteiger charge is -1.70. The summed E-state index contributed by atoms with van der Waals surface area (Å²) >= 11 is 0. The molecule has 0 aromatic heterocycles. The number of nitrogens with zero attached hydrogens (tertiary/aromatic N) is 2. The Kier molecular flexibility index (Phi) is 2.11. The fourth-order valence-electron chi connectivity index (χ4n) is 0.0668. The molecule has 0 saturated carbocycles. The maximum absolute atomic E-state index is 9.59. The van der Waals surface area contributed by atoms with Crippen molar-refractivity contribution in [2.75, 3.05) is 0 Å². The molecule has 1 amide bonds. The SMILES string of the molecule is O=NOC(=O)[N+](=O)O. The van der Waals surface area contributed by atoms with E-state index < -0.39 is 11.0 Å². The van der Waals surface area contributed by atoms with Crippen LogP contribution in [-0.4, -0.2) is 16.2 Å². The van der Waals surface area contributed by atoms with Gasteiger partial charge in [0.25, 0.3) is 0 Å². The van der Waals surface area contributed by atoms with Crippen LogP contribution < -0.4 is 0 Å². The number of amides is 1. The summed E-state index contributed by atoms with van der Waals surface area (Å²) in [7, 11) is 0. The summed E-state index contributed by atoms with van der Waals surface area (Å²) in [6, 6.07) is 0. The van der Waals surface area contributed by atoms with Gasteiger partial charge in [0.1, 0.15) is 0 Å². The van der Waals surface area contributed by atoms with Crippen molar-refractivity contribution in [2.45, 2.75) is 0 Å². The zero-order valence-corrected chi connectivity index (χ0v) is 3.47. The molecule has 0 rings (SSSR count). The van der Waals surface area contributed by atoms with Gasteiger partial charge < -0.3 is 0 Å². The second-order valence-corrected chi connectivity index (χ2v) is 0.705. The zero-order valence-electron chi connectivity index (χ0n) is 3.47. The molecule has 0 unspecified atom stereocenters. The van der Waals surface area contributed by atoms with Crippen LogP contribution >= 0.6 is 0 Å². The molecule has 7 heteroatoms. The first-order chi connectivity index (χ1) is 3.68. The smallest absolute Gasteiger partial charge is 0.235 e. The predicted octanol–water partition coefficient (Wildman–Crippen LogP) is -0.0275. The normalized spacial score (nSPS) is 7.50. The van der Waals surface area contributed by atoms with Crippen LogP contribution in [0.15, 0.2) is 5.34 Å². The average Bonchev–Trinajstić information content (AvgIpc) is 1.67. The van der Waals surface area contributed by atoms with Gasteiger partial charge in [-0.15, -0.1) is 4.91 Å². The molecule has 0 bridgehead atoms. The molecule has 0 saturated heterocycles. The van der Waals surface area contributed by atoms with Gasteiger partial charge in [0.15, 0.2) is 5.34 Å². The number of carbonyl (C=O) groups excluding carboxylic acids is 1. The maximum Gasteiger partial charge on any atom is 0.727 e. The van der Waals surface area contributed by atoms with Gasteiger partial charge in [-0.25, -0.2) is 10.0 Å². The van der Waals surface area contributed by atoms with E-state index in [1.54, 1.807) is 5.34 Å². The minimum atomic E-state index is -1.76. The van der Waals surface area contributed by atoms with Crippen molar-refractivity contribution < 1.29 is 19.8 Å². The lowest BCUT2D eigenvalue weighted by atomic mass is 11.3. The van der Waals surface area contributed by atoms with Gasteiger partial charge in [0, 0.05) is 0 Å². The molecule has 0 heterocycles. The second kappa shape index (κ2) is 2.61. The molecule has 0 aliphatic carbocycles. The molecule has 0 spiro atoms. The molecule has 0 aromatic carbocycles. The molecule has 44 valence electrons. The molecule has 0 radical (unpaired) electrons. The minimum Gasteiger partial charge on any atom is -0.235 e. The van der Waals surface area contributed by atoms with E-state index in [0.29, 0.717) is 0 Å². The predicted molar refractivity (Wildman–Crippen MR) is 17.7 cm³/mol. The summed E-state index contributed by atoms with van der Waals surface area (Å²) in [5, 5.41) is 9.11. The van der Waals surface area contributed by atoms with E-state index in [2.05, 4.69) is 4.84 Å². The molecule has 0 atom stereocenters. The molecule has 0 aromatic rings. The van der Waals surface area contributed by atoms with Crippen LogP contribution in [0.4, 0.5) is 4.79 Å². The zero-order chi connectivity index (χ0) is 6.57. The summed E-state index contributed by atoms with van der Waals surface area (Å²) in [4.78, 5) is 29.8. The highest BCUT2D eigenvalue weighted by atomic mass is 16.8. The molecule has 0 aliphatic heterocycles. The van der Waals surface area contributed by atoms with Gasteiger partial charge in [-0.2, -0.15) is 4.79 Å². The van der Waals surface area contributed by atoms with Crippen LogP contribution in [0.3, 0.4) is 0 Å². The third kappa shape index (κ3) is 1.80. The molecule has 1 N–H and O–H groups in total. The highest BCUT2D eigenvalue weighted by Gasteiger charge is 2.25. The molecule has 8 heavy (non-hydrogen) atoms. The topological polar surface area (TPSA) is 96.0 Å². The Morgan fingerprint density at radius 3 is 2.38 bits per heavy atom. The number of hydrogen-bond donors (Lipinski definition) is 1. The van der Waals surface area contributed by atoms with Crippen molar-refractivity contribution in [3.8, 4) is 0 Å². The van der Waals surface area contributed by atoms with E-state index in [0.717, 1.165) is 0 Å². The highest BCUT2D eigenvalue weighted by Crippen LogP contribution is 1.78. The van der Waals surface area contributed by atoms with Crippen molar-refractivity contribution in [2.24, 2.45) is 5.34 Å². The van der Waals surface area contributed by atoms with Crippen molar-refractivity contribution in [1.82, 2.24) is 0 Å². The summed E-state index contributed by atoms with van der Waals surface area (Å²) in [5.41, 5.74) is 0. The quantitative estimate of drug-likeness (QED) is 0.298. The first-order valence-electron chi connectivity index (χ1n) is 1.38. The van der Waals surface area contributed by atoms with Crippen molar-refractivity contribution in [3.63, 3.8) is 0 Å². The Bertz CT molecular complexity index is 128. The third-order valence-electron chi connectivity index (χ3n) is 0.272. The minimum absolute atomic E-state index is 1.15. The molecule has 0 fully saturated rings. The van der Waals surface area contributed by atoms with E-state index >= 15 is 0 Å². The second-order valence-electron chi connectivity index (χ2n) is 0.705. The van der Waals surface area contributed by atoms with E-state index in [1.165, 1.54) is 0 Å². The van der Waals surface area contributed by atoms with Crippen molar-refractivity contribution in [1.29, 1.82) is 0 Å². The van der Waals surface area contributed by atoms with E-state index in [-0.39, 0.29) is 0 Å². The Morgan fingerprint density at radius 1 is 1.75 bits per heavy atom. The molecular weight excluding hydrogens is 120 g/mol. The summed E-state index contributed by atoms with van der Waals surface area (Å²) in [6.07, 6.45) is -1.76. The monoisotopic (exact) mass is 121 g/mol. The fraction of sp³-hybridized carbons (Fsp3) is 0. The molecular formula is CHN2O5+. The maximum atomic E-state index is 9.59.